The Morgan fingerprint density at radius 1 is 1.35 bits per heavy atom. The van der Waals surface area contributed by atoms with Gasteiger partial charge in [0.05, 0.1) is 0 Å². The van der Waals surface area contributed by atoms with Crippen molar-refractivity contribution in [1.82, 2.24) is 14.3 Å². The van der Waals surface area contributed by atoms with Crippen LogP contribution in [0.4, 0.5) is 5.13 Å². The van der Waals surface area contributed by atoms with E-state index in [4.69, 9.17) is 0 Å². The van der Waals surface area contributed by atoms with Crippen molar-refractivity contribution >= 4 is 16.7 Å². The normalized spacial score (nSPS) is 11.7. The minimum Gasteiger partial charge on any atom is -0.356 e. The van der Waals surface area contributed by atoms with Crippen molar-refractivity contribution in [3.63, 3.8) is 0 Å². The Balaban J connectivity index is 2.14. The van der Waals surface area contributed by atoms with E-state index in [1.54, 1.807) is 0 Å². The molecule has 0 bridgehead atoms. The molecule has 2 aromatic rings. The van der Waals surface area contributed by atoms with Crippen LogP contribution < -0.4 is 10.9 Å². The summed E-state index contributed by atoms with van der Waals surface area (Å²) in [6, 6.07) is 1.97. The summed E-state index contributed by atoms with van der Waals surface area (Å²) in [7, 11) is 0. The number of aryl methyl sites for hydroxylation is 2. The molecule has 108 valence electrons. The van der Waals surface area contributed by atoms with Gasteiger partial charge in [0.1, 0.15) is 5.82 Å². The van der Waals surface area contributed by atoms with Crippen LogP contribution in [0.25, 0.3) is 0 Å². The highest BCUT2D eigenvalue weighted by atomic mass is 32.1. The zero-order valence-electron chi connectivity index (χ0n) is 12.5. The molecule has 2 rings (SSSR count). The lowest BCUT2D eigenvalue weighted by Gasteiger charge is -2.12. The number of nitrogens with one attached hydrogen (secondary N) is 2. The van der Waals surface area contributed by atoms with Gasteiger partial charge in [0.2, 0.25) is 5.13 Å². The SMILES string of the molecule is Cc1cc(C)c(CNc2nc(C(C)(C)C)ns2)c(=O)[nH]1. The van der Waals surface area contributed by atoms with E-state index in [9.17, 15) is 4.79 Å². The lowest BCUT2D eigenvalue weighted by atomic mass is 9.96. The molecule has 0 aliphatic heterocycles. The molecule has 0 radical (unpaired) electrons. The summed E-state index contributed by atoms with van der Waals surface area (Å²) in [6.45, 7) is 10.5. The van der Waals surface area contributed by atoms with E-state index in [0.717, 1.165) is 27.8 Å². The van der Waals surface area contributed by atoms with Crippen LogP contribution in [0.1, 0.15) is 43.4 Å². The minimum atomic E-state index is -0.0618. The minimum absolute atomic E-state index is 0.0458. The second-order valence-electron chi connectivity index (χ2n) is 5.97. The van der Waals surface area contributed by atoms with Crippen LogP contribution in [-0.2, 0) is 12.0 Å². The van der Waals surface area contributed by atoms with Crippen molar-refractivity contribution in [3.05, 3.63) is 39.1 Å². The molecule has 0 aromatic carbocycles. The average molecular weight is 292 g/mol. The molecule has 6 heteroatoms. The topological polar surface area (TPSA) is 70.7 Å². The summed E-state index contributed by atoms with van der Waals surface area (Å²) in [6.07, 6.45) is 0. The molecule has 2 heterocycles. The molecule has 5 nitrogen and oxygen atoms in total. The van der Waals surface area contributed by atoms with Crippen LogP contribution in [0.3, 0.4) is 0 Å². The third-order valence-corrected chi connectivity index (χ3v) is 3.68. The van der Waals surface area contributed by atoms with Gasteiger partial charge < -0.3 is 10.3 Å². The molecule has 20 heavy (non-hydrogen) atoms. The number of rotatable bonds is 3. The van der Waals surface area contributed by atoms with Gasteiger partial charge in [0.15, 0.2) is 0 Å². The van der Waals surface area contributed by atoms with Crippen LogP contribution in [0, 0.1) is 13.8 Å². The first-order valence-corrected chi connectivity index (χ1v) is 7.32. The van der Waals surface area contributed by atoms with Gasteiger partial charge in [-0.05, 0) is 25.5 Å². The van der Waals surface area contributed by atoms with E-state index in [0.29, 0.717) is 6.54 Å². The van der Waals surface area contributed by atoms with Crippen molar-refractivity contribution in [1.29, 1.82) is 0 Å². The first-order chi connectivity index (χ1) is 9.27. The van der Waals surface area contributed by atoms with E-state index in [1.165, 1.54) is 11.5 Å². The lowest BCUT2D eigenvalue weighted by Crippen LogP contribution is -2.18. The maximum Gasteiger partial charge on any atom is 0.253 e. The molecule has 2 N–H and O–H groups in total. The Morgan fingerprint density at radius 3 is 2.60 bits per heavy atom. The van der Waals surface area contributed by atoms with Crippen molar-refractivity contribution < 1.29 is 0 Å². The molecule has 0 aliphatic carbocycles. The summed E-state index contributed by atoms with van der Waals surface area (Å²) in [4.78, 5) is 19.2. The Kier molecular flexibility index (Phi) is 3.94. The Bertz CT molecular complexity index is 667. The number of hydrogen-bond donors (Lipinski definition) is 2. The number of aromatic amines is 1. The summed E-state index contributed by atoms with van der Waals surface area (Å²) >= 11 is 1.33. The van der Waals surface area contributed by atoms with Crippen molar-refractivity contribution in [2.75, 3.05) is 5.32 Å². The van der Waals surface area contributed by atoms with Gasteiger partial charge in [0.25, 0.3) is 5.56 Å². The molecular weight excluding hydrogens is 272 g/mol. The number of anilines is 1. The van der Waals surface area contributed by atoms with Gasteiger partial charge in [-0.25, -0.2) is 4.98 Å². The lowest BCUT2D eigenvalue weighted by molar-refractivity contribution is 0.555. The highest BCUT2D eigenvalue weighted by Crippen LogP contribution is 2.23. The highest BCUT2D eigenvalue weighted by Gasteiger charge is 2.19. The van der Waals surface area contributed by atoms with Crippen molar-refractivity contribution in [2.45, 2.75) is 46.6 Å². The summed E-state index contributed by atoms with van der Waals surface area (Å²) in [5.41, 5.74) is 2.49. The Morgan fingerprint density at radius 2 is 2.05 bits per heavy atom. The quantitative estimate of drug-likeness (QED) is 0.912. The fourth-order valence-electron chi connectivity index (χ4n) is 1.87. The smallest absolute Gasteiger partial charge is 0.253 e. The zero-order valence-corrected chi connectivity index (χ0v) is 13.3. The molecule has 0 atom stereocenters. The summed E-state index contributed by atoms with van der Waals surface area (Å²) in [5.74, 6) is 0.819. The van der Waals surface area contributed by atoms with Crippen molar-refractivity contribution in [3.8, 4) is 0 Å². The molecule has 0 saturated carbocycles. The monoisotopic (exact) mass is 292 g/mol. The highest BCUT2D eigenvalue weighted by molar-refractivity contribution is 7.09. The van der Waals surface area contributed by atoms with Gasteiger partial charge in [-0.2, -0.15) is 4.37 Å². The van der Waals surface area contributed by atoms with Crippen molar-refractivity contribution in [2.24, 2.45) is 0 Å². The van der Waals surface area contributed by atoms with Crippen LogP contribution in [0.5, 0.6) is 0 Å². The fraction of sp³-hybridized carbons (Fsp3) is 0.500. The van der Waals surface area contributed by atoms with Crippen LogP contribution >= 0.6 is 11.5 Å². The predicted octanol–water partition coefficient (Wildman–Crippen LogP) is 2.75. The number of hydrogen-bond acceptors (Lipinski definition) is 5. The Hall–Kier alpha value is -1.69. The summed E-state index contributed by atoms with van der Waals surface area (Å²) in [5, 5.41) is 3.92. The molecule has 0 aliphatic rings. The molecule has 0 unspecified atom stereocenters. The van der Waals surface area contributed by atoms with Gasteiger partial charge in [-0.1, -0.05) is 20.8 Å². The first-order valence-electron chi connectivity index (χ1n) is 6.55. The molecule has 0 spiro atoms. The van der Waals surface area contributed by atoms with Gasteiger partial charge >= 0.3 is 0 Å². The summed E-state index contributed by atoms with van der Waals surface area (Å²) < 4.78 is 4.34. The predicted molar refractivity (Wildman–Crippen MR) is 82.5 cm³/mol. The van der Waals surface area contributed by atoms with Crippen LogP contribution in [0.15, 0.2) is 10.9 Å². The molecule has 0 saturated heterocycles. The number of H-pyrrole nitrogens is 1. The molecule has 0 amide bonds. The standard InChI is InChI=1S/C14H20N4OS/c1-8-6-9(2)16-11(19)10(8)7-15-13-17-12(18-20-13)14(3,4)5/h6H,7H2,1-5H3,(H,16,19)(H,15,17,18). The maximum absolute atomic E-state index is 11.9. The fourth-order valence-corrected chi connectivity index (χ4v) is 2.62. The van der Waals surface area contributed by atoms with E-state index in [1.807, 2.05) is 19.9 Å². The number of nitrogens with zero attached hydrogens (tertiary/aromatic N) is 2. The Labute approximate surface area is 122 Å². The second kappa shape index (κ2) is 5.36. The number of aromatic nitrogens is 3. The van der Waals surface area contributed by atoms with E-state index < -0.39 is 0 Å². The molecule has 0 fully saturated rings. The van der Waals surface area contributed by atoms with Crippen LogP contribution in [-0.4, -0.2) is 14.3 Å². The molecule has 2 aromatic heterocycles. The van der Waals surface area contributed by atoms with E-state index >= 15 is 0 Å². The number of pyridine rings is 1. The van der Waals surface area contributed by atoms with E-state index in [2.05, 4.69) is 40.4 Å². The average Bonchev–Trinajstić information content (AvgIpc) is 2.75. The largest absolute Gasteiger partial charge is 0.356 e. The third-order valence-electron chi connectivity index (χ3n) is 3.01. The molecular formula is C14H20N4OS. The van der Waals surface area contributed by atoms with E-state index in [-0.39, 0.29) is 11.0 Å². The van der Waals surface area contributed by atoms with Crippen LogP contribution in [0.2, 0.25) is 0 Å². The van der Waals surface area contributed by atoms with Gasteiger partial charge in [0, 0.05) is 34.7 Å². The maximum atomic E-state index is 11.9. The zero-order chi connectivity index (χ0) is 14.9. The third kappa shape index (κ3) is 3.25. The van der Waals surface area contributed by atoms with Gasteiger partial charge in [-0.3, -0.25) is 4.79 Å². The van der Waals surface area contributed by atoms with Gasteiger partial charge in [-0.15, -0.1) is 0 Å². The second-order valence-corrected chi connectivity index (χ2v) is 6.72. The first kappa shape index (κ1) is 14.7.